The molecule has 2 heterocycles. The molecule has 20 heavy (non-hydrogen) atoms. The highest BCUT2D eigenvalue weighted by Crippen LogP contribution is 2.20. The minimum Gasteiger partial charge on any atom is -0.313 e. The molecule has 6 nitrogen and oxygen atoms in total. The van der Waals surface area contributed by atoms with Gasteiger partial charge >= 0.3 is 0 Å². The first-order chi connectivity index (χ1) is 9.43. The van der Waals surface area contributed by atoms with Gasteiger partial charge in [-0.25, -0.2) is 13.1 Å². The van der Waals surface area contributed by atoms with Crippen molar-refractivity contribution in [2.75, 3.05) is 5.75 Å². The van der Waals surface area contributed by atoms with Crippen LogP contribution in [-0.2, 0) is 23.0 Å². The normalized spacial score (nSPS) is 19.3. The van der Waals surface area contributed by atoms with Crippen molar-refractivity contribution in [2.24, 2.45) is 0 Å². The molecule has 0 aromatic carbocycles. The second-order valence-electron chi connectivity index (χ2n) is 5.77. The zero-order valence-electron chi connectivity index (χ0n) is 12.5. The SMILES string of the molecule is CCCCS(=O)(=O)N[C@@H]1CCc2nnc(C(C)C)n2C1. The molecule has 0 radical (unpaired) electrons. The van der Waals surface area contributed by atoms with Gasteiger partial charge in [0.05, 0.1) is 5.75 Å². The number of aryl methyl sites for hydroxylation is 1. The number of nitrogens with zero attached hydrogens (tertiary/aromatic N) is 3. The Morgan fingerprint density at radius 3 is 2.80 bits per heavy atom. The maximum absolute atomic E-state index is 12.0. The van der Waals surface area contributed by atoms with Crippen LogP contribution in [0.1, 0.15) is 57.6 Å². The molecule has 0 saturated heterocycles. The highest BCUT2D eigenvalue weighted by molar-refractivity contribution is 7.89. The molecule has 114 valence electrons. The number of sulfonamides is 1. The first kappa shape index (κ1) is 15.4. The Balaban J connectivity index is 2.05. The average molecular weight is 300 g/mol. The topological polar surface area (TPSA) is 76.9 Å². The third-order valence-corrected chi connectivity index (χ3v) is 5.12. The molecule has 0 fully saturated rings. The summed E-state index contributed by atoms with van der Waals surface area (Å²) in [4.78, 5) is 0. The van der Waals surface area contributed by atoms with Gasteiger partial charge in [0.15, 0.2) is 0 Å². The minimum atomic E-state index is -3.17. The maximum atomic E-state index is 12.0. The van der Waals surface area contributed by atoms with Crippen molar-refractivity contribution >= 4 is 10.0 Å². The quantitative estimate of drug-likeness (QED) is 0.862. The standard InChI is InChI=1S/C13H24N4O2S/c1-4-5-8-20(18,19)16-11-6-7-12-14-15-13(10(2)3)17(12)9-11/h10-11,16H,4-9H2,1-3H3/t11-/m1/s1. The number of unbranched alkanes of at least 4 members (excludes halogenated alkanes) is 1. The molecular formula is C13H24N4O2S. The molecule has 0 amide bonds. The summed E-state index contributed by atoms with van der Waals surface area (Å²) in [6.45, 7) is 6.79. The third kappa shape index (κ3) is 3.58. The average Bonchev–Trinajstić information content (AvgIpc) is 2.79. The maximum Gasteiger partial charge on any atom is 0.211 e. The molecular weight excluding hydrogens is 276 g/mol. The van der Waals surface area contributed by atoms with E-state index in [0.717, 1.165) is 30.9 Å². The molecule has 0 unspecified atom stereocenters. The highest BCUT2D eigenvalue weighted by atomic mass is 32.2. The van der Waals surface area contributed by atoms with Crippen molar-refractivity contribution < 1.29 is 8.42 Å². The Labute approximate surface area is 121 Å². The fourth-order valence-corrected chi connectivity index (χ4v) is 4.01. The zero-order valence-corrected chi connectivity index (χ0v) is 13.3. The lowest BCUT2D eigenvalue weighted by atomic mass is 10.1. The molecule has 0 spiro atoms. The summed E-state index contributed by atoms with van der Waals surface area (Å²) in [5.41, 5.74) is 0. The van der Waals surface area contributed by atoms with Crippen molar-refractivity contribution in [3.8, 4) is 0 Å². The fourth-order valence-electron chi connectivity index (χ4n) is 2.52. The molecule has 7 heteroatoms. The second kappa shape index (κ2) is 6.22. The Morgan fingerprint density at radius 1 is 1.40 bits per heavy atom. The summed E-state index contributed by atoms with van der Waals surface area (Å²) in [5, 5.41) is 8.41. The van der Waals surface area contributed by atoms with E-state index in [1.54, 1.807) is 0 Å². The largest absolute Gasteiger partial charge is 0.313 e. The number of aromatic nitrogens is 3. The van der Waals surface area contributed by atoms with Crippen LogP contribution in [-0.4, -0.2) is 35.0 Å². The van der Waals surface area contributed by atoms with Gasteiger partial charge in [-0.15, -0.1) is 10.2 Å². The Kier molecular flexibility index (Phi) is 4.80. The zero-order chi connectivity index (χ0) is 14.8. The van der Waals surface area contributed by atoms with Gasteiger partial charge in [-0.3, -0.25) is 0 Å². The summed E-state index contributed by atoms with van der Waals surface area (Å²) in [7, 11) is -3.17. The second-order valence-corrected chi connectivity index (χ2v) is 7.64. The van der Waals surface area contributed by atoms with E-state index in [4.69, 9.17) is 0 Å². The van der Waals surface area contributed by atoms with E-state index in [-0.39, 0.29) is 11.8 Å². The van der Waals surface area contributed by atoms with Gasteiger partial charge in [0.25, 0.3) is 0 Å². The van der Waals surface area contributed by atoms with Crippen LogP contribution in [0, 0.1) is 0 Å². The number of nitrogens with one attached hydrogen (secondary N) is 1. The number of hydrogen-bond donors (Lipinski definition) is 1. The monoisotopic (exact) mass is 300 g/mol. The number of rotatable bonds is 6. The van der Waals surface area contributed by atoms with Gasteiger partial charge in [0, 0.05) is 24.9 Å². The first-order valence-corrected chi connectivity index (χ1v) is 9.00. The molecule has 1 aliphatic rings. The molecule has 1 aromatic heterocycles. The molecule has 1 N–H and O–H groups in total. The molecule has 0 saturated carbocycles. The fraction of sp³-hybridized carbons (Fsp3) is 0.846. The van der Waals surface area contributed by atoms with Crippen LogP contribution in [0.2, 0.25) is 0 Å². The molecule has 1 aromatic rings. The van der Waals surface area contributed by atoms with Crippen molar-refractivity contribution in [2.45, 2.75) is 65.0 Å². The molecule has 2 rings (SSSR count). The Bertz CT molecular complexity index is 551. The van der Waals surface area contributed by atoms with Crippen molar-refractivity contribution in [1.29, 1.82) is 0 Å². The predicted octanol–water partition coefficient (Wildman–Crippen LogP) is 1.44. The van der Waals surface area contributed by atoms with Crippen LogP contribution in [0.3, 0.4) is 0 Å². The van der Waals surface area contributed by atoms with Crippen molar-refractivity contribution in [3.05, 3.63) is 11.6 Å². The van der Waals surface area contributed by atoms with Crippen molar-refractivity contribution in [3.63, 3.8) is 0 Å². The van der Waals surface area contributed by atoms with E-state index >= 15 is 0 Å². The summed E-state index contributed by atoms with van der Waals surface area (Å²) < 4.78 is 28.8. The summed E-state index contributed by atoms with van der Waals surface area (Å²) in [5.74, 6) is 2.42. The van der Waals surface area contributed by atoms with E-state index in [9.17, 15) is 8.42 Å². The van der Waals surface area contributed by atoms with E-state index in [2.05, 4.69) is 33.3 Å². The van der Waals surface area contributed by atoms with Gasteiger partial charge in [0.2, 0.25) is 10.0 Å². The van der Waals surface area contributed by atoms with E-state index < -0.39 is 10.0 Å². The molecule has 1 atom stereocenters. The lowest BCUT2D eigenvalue weighted by Crippen LogP contribution is -2.42. The van der Waals surface area contributed by atoms with E-state index in [1.165, 1.54) is 0 Å². The van der Waals surface area contributed by atoms with Crippen molar-refractivity contribution in [1.82, 2.24) is 19.5 Å². The van der Waals surface area contributed by atoms with Crippen LogP contribution in [0.5, 0.6) is 0 Å². The van der Waals surface area contributed by atoms with Gasteiger partial charge in [-0.05, 0) is 12.8 Å². The van der Waals surface area contributed by atoms with Gasteiger partial charge in [-0.2, -0.15) is 0 Å². The first-order valence-electron chi connectivity index (χ1n) is 7.35. The van der Waals surface area contributed by atoms with Gasteiger partial charge < -0.3 is 4.57 Å². The van der Waals surface area contributed by atoms with Crippen LogP contribution in [0.25, 0.3) is 0 Å². The van der Waals surface area contributed by atoms with Crippen LogP contribution in [0.15, 0.2) is 0 Å². The highest BCUT2D eigenvalue weighted by Gasteiger charge is 2.26. The molecule has 0 bridgehead atoms. The van der Waals surface area contributed by atoms with Gasteiger partial charge in [-0.1, -0.05) is 27.2 Å². The molecule has 0 aliphatic carbocycles. The predicted molar refractivity (Wildman–Crippen MR) is 78.1 cm³/mol. The third-order valence-electron chi connectivity index (χ3n) is 3.60. The van der Waals surface area contributed by atoms with Crippen LogP contribution in [0.4, 0.5) is 0 Å². The Morgan fingerprint density at radius 2 is 2.15 bits per heavy atom. The van der Waals surface area contributed by atoms with Crippen LogP contribution >= 0.6 is 0 Å². The Hall–Kier alpha value is -0.950. The van der Waals surface area contributed by atoms with E-state index in [0.29, 0.717) is 18.9 Å². The number of hydrogen-bond acceptors (Lipinski definition) is 4. The lowest BCUT2D eigenvalue weighted by Gasteiger charge is -2.25. The van der Waals surface area contributed by atoms with Gasteiger partial charge in [0.1, 0.15) is 11.6 Å². The summed E-state index contributed by atoms with van der Waals surface area (Å²) in [6, 6.07) is -0.0437. The summed E-state index contributed by atoms with van der Waals surface area (Å²) >= 11 is 0. The summed E-state index contributed by atoms with van der Waals surface area (Å²) in [6.07, 6.45) is 3.16. The van der Waals surface area contributed by atoms with E-state index in [1.807, 2.05) is 6.92 Å². The number of fused-ring (bicyclic) bond motifs is 1. The molecule has 1 aliphatic heterocycles. The van der Waals surface area contributed by atoms with Crippen LogP contribution < -0.4 is 4.72 Å². The minimum absolute atomic E-state index is 0.0437. The smallest absolute Gasteiger partial charge is 0.211 e. The lowest BCUT2D eigenvalue weighted by molar-refractivity contribution is 0.409.